The Labute approximate surface area is 136 Å². The maximum Gasteiger partial charge on any atom is 0.139 e. The van der Waals surface area contributed by atoms with Crippen molar-refractivity contribution in [2.75, 3.05) is 0 Å². The Morgan fingerprint density at radius 2 is 0.952 bits per heavy atom. The summed E-state index contributed by atoms with van der Waals surface area (Å²) in [5.74, 6) is 0. The van der Waals surface area contributed by atoms with Gasteiger partial charge in [-0.1, -0.05) is 44.4 Å². The highest BCUT2D eigenvalue weighted by Crippen LogP contribution is 2.13. The second-order valence-electron chi connectivity index (χ2n) is 6.64. The van der Waals surface area contributed by atoms with Crippen LogP contribution >= 0.6 is 0 Å². The fourth-order valence-corrected chi connectivity index (χ4v) is 3.47. The first-order chi connectivity index (χ1) is 9.68. The first-order valence-corrected chi connectivity index (χ1v) is 7.83. The standard InChI is InChI=1S/C13H20B8/c1-3-6(11(19)13(21)12(20)8(3)16)7-9(17)4(14)2-5(15)10(7)18/h2H,14-21H2,1H3. The van der Waals surface area contributed by atoms with Crippen molar-refractivity contribution in [2.45, 2.75) is 6.92 Å². The molecular formula is C13H20B8. The largest absolute Gasteiger partial charge is 0.139 e. The van der Waals surface area contributed by atoms with Crippen LogP contribution in [0, 0.1) is 6.92 Å². The van der Waals surface area contributed by atoms with Gasteiger partial charge in [-0.25, -0.2) is 0 Å². The summed E-state index contributed by atoms with van der Waals surface area (Å²) < 4.78 is 0. The van der Waals surface area contributed by atoms with Gasteiger partial charge in [0, 0.05) is 0 Å². The van der Waals surface area contributed by atoms with E-state index in [2.05, 4.69) is 75.8 Å². The maximum absolute atomic E-state index is 2.31. The number of rotatable bonds is 1. The first-order valence-electron chi connectivity index (χ1n) is 7.83. The minimum absolute atomic E-state index is 1.39. The zero-order chi connectivity index (χ0) is 16.1. The van der Waals surface area contributed by atoms with E-state index in [9.17, 15) is 0 Å². The van der Waals surface area contributed by atoms with Gasteiger partial charge in [-0.15, -0.1) is 10.9 Å². The molecule has 0 N–H and O–H groups in total. The minimum Gasteiger partial charge on any atom is -0.102 e. The van der Waals surface area contributed by atoms with E-state index in [1.54, 1.807) is 0 Å². The van der Waals surface area contributed by atoms with Crippen LogP contribution < -0.4 is 43.7 Å². The fraction of sp³-hybridized carbons (Fsp3) is 0.0769. The van der Waals surface area contributed by atoms with Gasteiger partial charge in [0.15, 0.2) is 0 Å². The van der Waals surface area contributed by atoms with Gasteiger partial charge in [0.1, 0.15) is 62.8 Å². The molecule has 0 saturated heterocycles. The van der Waals surface area contributed by atoms with Gasteiger partial charge in [0.05, 0.1) is 0 Å². The quantitative estimate of drug-likeness (QED) is 0.448. The van der Waals surface area contributed by atoms with Crippen LogP contribution in [0.1, 0.15) is 5.56 Å². The summed E-state index contributed by atoms with van der Waals surface area (Å²) in [4.78, 5) is 0. The average Bonchev–Trinajstić information content (AvgIpc) is 2.44. The summed E-state index contributed by atoms with van der Waals surface area (Å²) in [6, 6.07) is 2.31. The van der Waals surface area contributed by atoms with Crippen molar-refractivity contribution in [1.82, 2.24) is 0 Å². The second-order valence-corrected chi connectivity index (χ2v) is 6.64. The van der Waals surface area contributed by atoms with Crippen LogP contribution in [0.2, 0.25) is 0 Å². The SMILES string of the molecule is Bc1cc(B)c(B)c(-c2c(B)c(B)c(B)c(B)c2C)c1B. The molecule has 0 saturated carbocycles. The van der Waals surface area contributed by atoms with Gasteiger partial charge in [0.2, 0.25) is 0 Å². The number of benzene rings is 2. The average molecular weight is 263 g/mol. The summed E-state index contributed by atoms with van der Waals surface area (Å²) in [7, 11) is 18.0. The molecule has 0 aliphatic carbocycles. The van der Waals surface area contributed by atoms with Crippen LogP contribution in [-0.4, -0.2) is 62.8 Å². The van der Waals surface area contributed by atoms with Crippen LogP contribution in [0.25, 0.3) is 11.1 Å². The Balaban J connectivity index is 3.00. The van der Waals surface area contributed by atoms with Gasteiger partial charge in [-0.3, -0.25) is 0 Å². The Kier molecular flexibility index (Phi) is 4.38. The Morgan fingerprint density at radius 3 is 1.43 bits per heavy atom. The van der Waals surface area contributed by atoms with Gasteiger partial charge >= 0.3 is 0 Å². The van der Waals surface area contributed by atoms with Crippen molar-refractivity contribution in [3.63, 3.8) is 0 Å². The first kappa shape index (κ1) is 16.3. The zero-order valence-electron chi connectivity index (χ0n) is 15.1. The van der Waals surface area contributed by atoms with Crippen molar-refractivity contribution in [1.29, 1.82) is 0 Å². The van der Waals surface area contributed by atoms with E-state index in [1.165, 1.54) is 60.4 Å². The van der Waals surface area contributed by atoms with Gasteiger partial charge in [0.25, 0.3) is 0 Å². The van der Waals surface area contributed by atoms with Crippen molar-refractivity contribution in [3.8, 4) is 11.1 Å². The van der Waals surface area contributed by atoms with Gasteiger partial charge in [-0.05, 0) is 18.1 Å². The molecule has 0 unspecified atom stereocenters. The topological polar surface area (TPSA) is 0 Å². The number of hydrogen-bond donors (Lipinski definition) is 0. The highest BCUT2D eigenvalue weighted by atomic mass is 14.1. The van der Waals surface area contributed by atoms with E-state index in [-0.39, 0.29) is 0 Å². The molecule has 0 bridgehead atoms. The molecule has 0 amide bonds. The Morgan fingerprint density at radius 1 is 0.524 bits per heavy atom. The Bertz CT molecular complexity index is 696. The molecule has 21 heavy (non-hydrogen) atoms. The monoisotopic (exact) mass is 264 g/mol. The zero-order valence-corrected chi connectivity index (χ0v) is 15.1. The summed E-state index contributed by atoms with van der Waals surface area (Å²) >= 11 is 0. The van der Waals surface area contributed by atoms with Crippen LogP contribution in [-0.2, 0) is 0 Å². The predicted molar refractivity (Wildman–Crippen MR) is 122 cm³/mol. The lowest BCUT2D eigenvalue weighted by atomic mass is 9.59. The molecule has 0 atom stereocenters. The van der Waals surface area contributed by atoms with E-state index >= 15 is 0 Å². The normalized spacial score (nSPS) is 10.7. The predicted octanol–water partition coefficient (Wildman–Crippen LogP) is -10.3. The summed E-state index contributed by atoms with van der Waals surface area (Å²) in [6.07, 6.45) is 0. The molecule has 0 aliphatic rings. The molecule has 0 aromatic heterocycles. The molecule has 0 nitrogen and oxygen atoms in total. The smallest absolute Gasteiger partial charge is 0.102 e. The molecule has 0 spiro atoms. The molecule has 0 aliphatic heterocycles. The molecule has 0 fully saturated rings. The molecule has 96 valence electrons. The van der Waals surface area contributed by atoms with E-state index in [1.807, 2.05) is 0 Å². The summed E-state index contributed by atoms with van der Waals surface area (Å²) in [5.41, 5.74) is 15.7. The molecule has 2 aromatic carbocycles. The highest BCUT2D eigenvalue weighted by Gasteiger charge is 2.17. The molecule has 2 aromatic rings. The van der Waals surface area contributed by atoms with E-state index in [0.29, 0.717) is 0 Å². The lowest BCUT2D eigenvalue weighted by molar-refractivity contribution is 1.55. The fourth-order valence-electron chi connectivity index (χ4n) is 3.47. The molecular weight excluding hydrogens is 243 g/mol. The van der Waals surface area contributed by atoms with Crippen molar-refractivity contribution < 1.29 is 0 Å². The van der Waals surface area contributed by atoms with E-state index in [0.717, 1.165) is 0 Å². The Hall–Kier alpha value is -1.04. The van der Waals surface area contributed by atoms with Crippen molar-refractivity contribution in [2.24, 2.45) is 0 Å². The van der Waals surface area contributed by atoms with Crippen molar-refractivity contribution >= 4 is 106 Å². The molecule has 0 heterocycles. The van der Waals surface area contributed by atoms with Crippen LogP contribution in [0.5, 0.6) is 0 Å². The number of hydrogen-bond acceptors (Lipinski definition) is 0. The summed E-state index contributed by atoms with van der Waals surface area (Å²) in [6.45, 7) is 2.28. The lowest BCUT2D eigenvalue weighted by Crippen LogP contribution is -2.51. The molecule has 8 heteroatoms. The van der Waals surface area contributed by atoms with Gasteiger partial charge in [-0.2, -0.15) is 0 Å². The lowest BCUT2D eigenvalue weighted by Gasteiger charge is -2.25. The second kappa shape index (κ2) is 5.63. The maximum atomic E-state index is 2.31. The summed E-state index contributed by atoms with van der Waals surface area (Å²) in [5, 5.41) is 0. The minimum atomic E-state index is 1.39. The van der Waals surface area contributed by atoms with Crippen molar-refractivity contribution in [3.05, 3.63) is 11.6 Å². The van der Waals surface area contributed by atoms with Crippen LogP contribution in [0.15, 0.2) is 6.07 Å². The van der Waals surface area contributed by atoms with Crippen LogP contribution in [0.4, 0.5) is 0 Å². The van der Waals surface area contributed by atoms with Gasteiger partial charge < -0.3 is 0 Å². The highest BCUT2D eigenvalue weighted by molar-refractivity contribution is 6.65. The third-order valence-corrected chi connectivity index (χ3v) is 5.62. The third kappa shape index (κ3) is 2.47. The van der Waals surface area contributed by atoms with E-state index in [4.69, 9.17) is 0 Å². The van der Waals surface area contributed by atoms with E-state index < -0.39 is 0 Å². The molecule has 0 radical (unpaired) electrons. The van der Waals surface area contributed by atoms with Crippen LogP contribution in [0.3, 0.4) is 0 Å². The molecule has 2 rings (SSSR count). The third-order valence-electron chi connectivity index (χ3n) is 5.62.